The van der Waals surface area contributed by atoms with E-state index >= 15 is 0 Å². The fourth-order valence-electron chi connectivity index (χ4n) is 1.57. The van der Waals surface area contributed by atoms with E-state index in [0.29, 0.717) is 12.1 Å². The van der Waals surface area contributed by atoms with Gasteiger partial charge in [0.25, 0.3) is 0 Å². The zero-order valence-electron chi connectivity index (χ0n) is 9.20. The van der Waals surface area contributed by atoms with Gasteiger partial charge in [-0.25, -0.2) is 4.99 Å². The van der Waals surface area contributed by atoms with Crippen molar-refractivity contribution < 1.29 is 0 Å². The van der Waals surface area contributed by atoms with E-state index in [1.807, 2.05) is 18.2 Å². The molecule has 80 valence electrons. The minimum atomic E-state index is 0.458. The lowest BCUT2D eigenvalue weighted by Gasteiger charge is -2.04. The maximum Gasteiger partial charge on any atom is 0.192 e. The molecule has 15 heavy (non-hydrogen) atoms. The van der Waals surface area contributed by atoms with Crippen molar-refractivity contribution in [3.8, 4) is 0 Å². The summed E-state index contributed by atoms with van der Waals surface area (Å²) in [5.74, 6) is 0.916. The SMILES string of the molecule is CC1NC(=NCc2ccccc2)NC1C. The highest BCUT2D eigenvalue weighted by Gasteiger charge is 2.21. The van der Waals surface area contributed by atoms with Gasteiger partial charge >= 0.3 is 0 Å². The number of guanidine groups is 1. The van der Waals surface area contributed by atoms with Crippen molar-refractivity contribution in [1.82, 2.24) is 10.6 Å². The van der Waals surface area contributed by atoms with Gasteiger partial charge in [0, 0.05) is 12.1 Å². The number of rotatable bonds is 2. The van der Waals surface area contributed by atoms with E-state index in [0.717, 1.165) is 12.5 Å². The number of nitrogens with zero attached hydrogens (tertiary/aromatic N) is 1. The zero-order valence-corrected chi connectivity index (χ0v) is 9.20. The molecule has 2 N–H and O–H groups in total. The van der Waals surface area contributed by atoms with Crippen molar-refractivity contribution in [3.63, 3.8) is 0 Å². The Morgan fingerprint density at radius 2 is 1.67 bits per heavy atom. The lowest BCUT2D eigenvalue weighted by molar-refractivity contribution is 0.583. The minimum absolute atomic E-state index is 0.458. The number of hydrogen-bond acceptors (Lipinski definition) is 1. The van der Waals surface area contributed by atoms with E-state index in [1.54, 1.807) is 0 Å². The predicted octanol–water partition coefficient (Wildman–Crippen LogP) is 1.51. The smallest absolute Gasteiger partial charge is 0.192 e. The van der Waals surface area contributed by atoms with Crippen molar-refractivity contribution in [3.05, 3.63) is 35.9 Å². The molecule has 1 aliphatic rings. The van der Waals surface area contributed by atoms with Crippen LogP contribution in [-0.2, 0) is 6.54 Å². The first kappa shape index (κ1) is 10.0. The summed E-state index contributed by atoms with van der Waals surface area (Å²) in [5, 5.41) is 6.63. The summed E-state index contributed by atoms with van der Waals surface area (Å²) in [6, 6.07) is 11.2. The van der Waals surface area contributed by atoms with Crippen LogP contribution in [0.4, 0.5) is 0 Å². The number of nitrogens with one attached hydrogen (secondary N) is 2. The fourth-order valence-corrected chi connectivity index (χ4v) is 1.57. The van der Waals surface area contributed by atoms with Crippen LogP contribution in [0.25, 0.3) is 0 Å². The first-order chi connectivity index (χ1) is 7.25. The molecule has 1 saturated heterocycles. The van der Waals surface area contributed by atoms with Crippen LogP contribution < -0.4 is 10.6 Å². The molecule has 0 amide bonds. The summed E-state index contributed by atoms with van der Waals surface area (Å²) in [7, 11) is 0. The molecular weight excluding hydrogens is 186 g/mol. The van der Waals surface area contributed by atoms with Crippen molar-refractivity contribution in [2.75, 3.05) is 0 Å². The van der Waals surface area contributed by atoms with Crippen molar-refractivity contribution in [1.29, 1.82) is 0 Å². The molecule has 0 bridgehead atoms. The van der Waals surface area contributed by atoms with E-state index in [1.165, 1.54) is 5.56 Å². The molecule has 2 atom stereocenters. The Labute approximate surface area is 90.6 Å². The minimum Gasteiger partial charge on any atom is -0.352 e. The summed E-state index contributed by atoms with van der Waals surface area (Å²) < 4.78 is 0. The molecule has 0 saturated carbocycles. The maximum atomic E-state index is 4.49. The molecule has 3 heteroatoms. The van der Waals surface area contributed by atoms with Crippen LogP contribution in [0.2, 0.25) is 0 Å². The summed E-state index contributed by atoms with van der Waals surface area (Å²) in [6.45, 7) is 5.04. The van der Waals surface area contributed by atoms with Crippen LogP contribution in [0, 0.1) is 0 Å². The Morgan fingerprint density at radius 3 is 2.27 bits per heavy atom. The van der Waals surface area contributed by atoms with Crippen molar-refractivity contribution >= 4 is 5.96 Å². The van der Waals surface area contributed by atoms with Gasteiger partial charge in [-0.15, -0.1) is 0 Å². The van der Waals surface area contributed by atoms with Gasteiger partial charge in [0.1, 0.15) is 0 Å². The number of benzene rings is 1. The molecule has 0 aromatic heterocycles. The van der Waals surface area contributed by atoms with Crippen molar-refractivity contribution in [2.45, 2.75) is 32.5 Å². The molecule has 0 spiro atoms. The molecule has 1 heterocycles. The monoisotopic (exact) mass is 203 g/mol. The van der Waals surface area contributed by atoms with Gasteiger partial charge in [-0.2, -0.15) is 0 Å². The van der Waals surface area contributed by atoms with E-state index in [9.17, 15) is 0 Å². The second kappa shape index (κ2) is 4.34. The molecule has 0 radical (unpaired) electrons. The highest BCUT2D eigenvalue weighted by molar-refractivity contribution is 5.82. The summed E-state index contributed by atoms with van der Waals surface area (Å²) in [4.78, 5) is 4.49. The van der Waals surface area contributed by atoms with Gasteiger partial charge in [-0.05, 0) is 19.4 Å². The average molecular weight is 203 g/mol. The van der Waals surface area contributed by atoms with E-state index in [2.05, 4.69) is 41.6 Å². The Morgan fingerprint density at radius 1 is 1.07 bits per heavy atom. The van der Waals surface area contributed by atoms with Crippen LogP contribution in [-0.4, -0.2) is 18.0 Å². The third-order valence-electron chi connectivity index (χ3n) is 2.74. The van der Waals surface area contributed by atoms with E-state index in [4.69, 9.17) is 0 Å². The van der Waals surface area contributed by atoms with E-state index in [-0.39, 0.29) is 0 Å². The number of hydrogen-bond donors (Lipinski definition) is 2. The van der Waals surface area contributed by atoms with Crippen LogP contribution in [0.5, 0.6) is 0 Å². The molecule has 3 nitrogen and oxygen atoms in total. The molecule has 1 aliphatic heterocycles. The Bertz CT molecular complexity index is 333. The topological polar surface area (TPSA) is 36.4 Å². The molecule has 1 aromatic carbocycles. The molecular formula is C12H17N3. The van der Waals surface area contributed by atoms with Crippen LogP contribution in [0.15, 0.2) is 35.3 Å². The van der Waals surface area contributed by atoms with Gasteiger partial charge in [-0.3, -0.25) is 0 Å². The fraction of sp³-hybridized carbons (Fsp3) is 0.417. The Hall–Kier alpha value is -1.51. The second-order valence-electron chi connectivity index (χ2n) is 4.02. The van der Waals surface area contributed by atoms with Gasteiger partial charge in [0.05, 0.1) is 6.54 Å². The van der Waals surface area contributed by atoms with Crippen LogP contribution in [0.1, 0.15) is 19.4 Å². The molecule has 2 unspecified atom stereocenters. The molecule has 2 rings (SSSR count). The quantitative estimate of drug-likeness (QED) is 0.764. The first-order valence-electron chi connectivity index (χ1n) is 5.37. The summed E-state index contributed by atoms with van der Waals surface area (Å²) in [6.07, 6.45) is 0. The van der Waals surface area contributed by atoms with Gasteiger partial charge in [0.15, 0.2) is 5.96 Å². The summed E-state index contributed by atoms with van der Waals surface area (Å²) >= 11 is 0. The largest absolute Gasteiger partial charge is 0.352 e. The standard InChI is InChI=1S/C12H17N3/c1-9-10(2)15-12(14-9)13-8-11-6-4-3-5-7-11/h3-7,9-10H,8H2,1-2H3,(H2,13,14,15). The third kappa shape index (κ3) is 2.49. The zero-order chi connectivity index (χ0) is 10.7. The highest BCUT2D eigenvalue weighted by atomic mass is 15.3. The van der Waals surface area contributed by atoms with E-state index < -0.39 is 0 Å². The van der Waals surface area contributed by atoms with Gasteiger partial charge in [-0.1, -0.05) is 30.3 Å². The van der Waals surface area contributed by atoms with Crippen molar-refractivity contribution in [2.24, 2.45) is 4.99 Å². The molecule has 1 aromatic rings. The average Bonchev–Trinajstić information content (AvgIpc) is 2.57. The third-order valence-corrected chi connectivity index (χ3v) is 2.74. The predicted molar refractivity (Wildman–Crippen MR) is 62.8 cm³/mol. The summed E-state index contributed by atoms with van der Waals surface area (Å²) in [5.41, 5.74) is 1.24. The lowest BCUT2D eigenvalue weighted by Crippen LogP contribution is -2.26. The maximum absolute atomic E-state index is 4.49. The highest BCUT2D eigenvalue weighted by Crippen LogP contribution is 2.03. The van der Waals surface area contributed by atoms with Gasteiger partial charge < -0.3 is 10.6 Å². The lowest BCUT2D eigenvalue weighted by atomic mass is 10.2. The number of aliphatic imine (C=N–C) groups is 1. The molecule has 1 fully saturated rings. The first-order valence-corrected chi connectivity index (χ1v) is 5.37. The second-order valence-corrected chi connectivity index (χ2v) is 4.02. The molecule has 0 aliphatic carbocycles. The van der Waals surface area contributed by atoms with Crippen LogP contribution >= 0.6 is 0 Å². The Balaban J connectivity index is 1.96. The normalized spacial score (nSPS) is 24.5. The van der Waals surface area contributed by atoms with Crippen LogP contribution in [0.3, 0.4) is 0 Å². The van der Waals surface area contributed by atoms with Gasteiger partial charge in [0.2, 0.25) is 0 Å². The Kier molecular flexibility index (Phi) is 2.90.